The van der Waals surface area contributed by atoms with Crippen molar-refractivity contribution in [2.75, 3.05) is 39.3 Å². The average Bonchev–Trinajstić information content (AvgIpc) is 2.78. The lowest BCUT2D eigenvalue weighted by Crippen LogP contribution is -2.22. The lowest BCUT2D eigenvalue weighted by atomic mass is 9.97. The fraction of sp³-hybridized carbons (Fsp3) is 0.407. The van der Waals surface area contributed by atoms with E-state index in [1.54, 1.807) is 0 Å². The minimum atomic E-state index is 0.922. The zero-order valence-electron chi connectivity index (χ0n) is 19.0. The molecular formula is C27H36N2O. The van der Waals surface area contributed by atoms with E-state index in [-0.39, 0.29) is 0 Å². The van der Waals surface area contributed by atoms with Gasteiger partial charge in [-0.1, -0.05) is 70.2 Å². The number of ether oxygens (including phenoxy) is 1. The number of hydrogen-bond acceptors (Lipinski definition) is 3. The molecule has 0 saturated heterocycles. The van der Waals surface area contributed by atoms with Crippen molar-refractivity contribution in [1.29, 1.82) is 0 Å². The Morgan fingerprint density at radius 3 is 1.87 bits per heavy atom. The second-order valence-corrected chi connectivity index (χ2v) is 7.79. The molecular weight excluding hydrogens is 368 g/mol. The Balaban J connectivity index is 1.67. The van der Waals surface area contributed by atoms with Crippen LogP contribution in [0.5, 0.6) is 11.5 Å². The molecule has 3 nitrogen and oxygen atoms in total. The van der Waals surface area contributed by atoms with Crippen LogP contribution in [-0.2, 0) is 6.42 Å². The Morgan fingerprint density at radius 2 is 1.27 bits per heavy atom. The van der Waals surface area contributed by atoms with Crippen LogP contribution in [-0.4, -0.2) is 49.1 Å². The molecule has 0 radical (unpaired) electrons. The van der Waals surface area contributed by atoms with E-state index in [0.717, 1.165) is 57.2 Å². The molecule has 30 heavy (non-hydrogen) atoms. The summed E-state index contributed by atoms with van der Waals surface area (Å²) in [5, 5.41) is 0. The molecule has 0 bridgehead atoms. The molecule has 0 saturated carbocycles. The van der Waals surface area contributed by atoms with Gasteiger partial charge in [0.2, 0.25) is 0 Å². The zero-order valence-corrected chi connectivity index (χ0v) is 19.0. The first-order chi connectivity index (χ1) is 14.7. The summed E-state index contributed by atoms with van der Waals surface area (Å²) in [5.74, 6) is 1.96. The molecule has 1 heterocycles. The van der Waals surface area contributed by atoms with Gasteiger partial charge in [-0.2, -0.15) is 0 Å². The predicted molar refractivity (Wildman–Crippen MR) is 129 cm³/mol. The largest absolute Gasteiger partial charge is 0.457 e. The van der Waals surface area contributed by atoms with Crippen LogP contribution >= 0.6 is 0 Å². The molecule has 0 amide bonds. The van der Waals surface area contributed by atoms with Crippen molar-refractivity contribution in [3.63, 3.8) is 0 Å². The highest BCUT2D eigenvalue weighted by Crippen LogP contribution is 2.37. The van der Waals surface area contributed by atoms with Crippen LogP contribution in [0.1, 0.15) is 49.9 Å². The van der Waals surface area contributed by atoms with Gasteiger partial charge in [-0.3, -0.25) is 0 Å². The highest BCUT2D eigenvalue weighted by atomic mass is 16.5. The van der Waals surface area contributed by atoms with Crippen molar-refractivity contribution in [2.45, 2.75) is 34.1 Å². The first kappa shape index (κ1) is 22.3. The highest BCUT2D eigenvalue weighted by Gasteiger charge is 2.17. The highest BCUT2D eigenvalue weighted by molar-refractivity contribution is 5.60. The third kappa shape index (κ3) is 5.84. The number of fused-ring (bicyclic) bond motifs is 2. The van der Waals surface area contributed by atoms with Gasteiger partial charge in [0.25, 0.3) is 0 Å². The van der Waals surface area contributed by atoms with E-state index in [2.05, 4.69) is 98.2 Å². The van der Waals surface area contributed by atoms with Crippen LogP contribution in [0.3, 0.4) is 0 Å². The smallest absolute Gasteiger partial charge is 0.131 e. The molecule has 0 spiro atoms. The Bertz CT molecular complexity index is 803. The van der Waals surface area contributed by atoms with E-state index in [1.807, 2.05) is 0 Å². The van der Waals surface area contributed by atoms with Crippen molar-refractivity contribution in [1.82, 2.24) is 9.80 Å². The van der Waals surface area contributed by atoms with E-state index in [1.165, 1.54) is 22.3 Å². The SMILES string of the molecule is CCN(CC)CC=Cc1ccc2c(c1)Cc1ccc(C=CCN(CC)CC)cc1O2. The molecule has 0 unspecified atom stereocenters. The second-order valence-electron chi connectivity index (χ2n) is 7.79. The Kier molecular flexibility index (Phi) is 8.30. The Hall–Kier alpha value is -2.36. The molecule has 0 aromatic heterocycles. The number of hydrogen-bond donors (Lipinski definition) is 0. The summed E-state index contributed by atoms with van der Waals surface area (Å²) in [7, 11) is 0. The van der Waals surface area contributed by atoms with E-state index in [9.17, 15) is 0 Å². The summed E-state index contributed by atoms with van der Waals surface area (Å²) in [5.41, 5.74) is 4.95. The van der Waals surface area contributed by atoms with Crippen LogP contribution in [0.2, 0.25) is 0 Å². The molecule has 2 aromatic carbocycles. The van der Waals surface area contributed by atoms with Gasteiger partial charge in [-0.15, -0.1) is 0 Å². The first-order valence-corrected chi connectivity index (χ1v) is 11.4. The van der Waals surface area contributed by atoms with Crippen molar-refractivity contribution < 1.29 is 4.74 Å². The van der Waals surface area contributed by atoms with Crippen molar-refractivity contribution in [3.8, 4) is 11.5 Å². The third-order valence-corrected chi connectivity index (χ3v) is 5.91. The van der Waals surface area contributed by atoms with Gasteiger partial charge in [-0.05, 0) is 66.6 Å². The summed E-state index contributed by atoms with van der Waals surface area (Å²) in [4.78, 5) is 4.80. The van der Waals surface area contributed by atoms with Gasteiger partial charge in [0.15, 0.2) is 0 Å². The van der Waals surface area contributed by atoms with Crippen LogP contribution < -0.4 is 4.74 Å². The van der Waals surface area contributed by atoms with E-state index >= 15 is 0 Å². The van der Waals surface area contributed by atoms with Crippen LogP contribution in [0.25, 0.3) is 12.2 Å². The summed E-state index contributed by atoms with van der Waals surface area (Å²) < 4.78 is 6.24. The molecule has 0 atom stereocenters. The maximum absolute atomic E-state index is 6.24. The maximum Gasteiger partial charge on any atom is 0.131 e. The number of rotatable bonds is 10. The van der Waals surface area contributed by atoms with Gasteiger partial charge < -0.3 is 14.5 Å². The predicted octanol–water partition coefficient (Wildman–Crippen LogP) is 6.09. The summed E-state index contributed by atoms with van der Waals surface area (Å²) in [6.45, 7) is 15.1. The summed E-state index contributed by atoms with van der Waals surface area (Å²) in [6, 6.07) is 13.1. The van der Waals surface area contributed by atoms with E-state index in [0.29, 0.717) is 0 Å². The molecule has 2 aromatic rings. The van der Waals surface area contributed by atoms with Crippen molar-refractivity contribution in [2.24, 2.45) is 0 Å². The summed E-state index contributed by atoms with van der Waals surface area (Å²) >= 11 is 0. The van der Waals surface area contributed by atoms with E-state index < -0.39 is 0 Å². The molecule has 160 valence electrons. The third-order valence-electron chi connectivity index (χ3n) is 5.91. The fourth-order valence-corrected chi connectivity index (χ4v) is 3.82. The second kappa shape index (κ2) is 11.1. The van der Waals surface area contributed by atoms with Gasteiger partial charge in [0.05, 0.1) is 0 Å². The lowest BCUT2D eigenvalue weighted by Gasteiger charge is -2.21. The van der Waals surface area contributed by atoms with Crippen molar-refractivity contribution in [3.05, 3.63) is 70.8 Å². The number of benzene rings is 2. The molecule has 3 heteroatoms. The van der Waals surface area contributed by atoms with Crippen LogP contribution in [0, 0.1) is 0 Å². The zero-order chi connectivity index (χ0) is 21.3. The molecule has 1 aliphatic heterocycles. The van der Waals surface area contributed by atoms with Crippen molar-refractivity contribution >= 4 is 12.2 Å². The minimum absolute atomic E-state index is 0.922. The lowest BCUT2D eigenvalue weighted by molar-refractivity contribution is 0.338. The standard InChI is InChI=1S/C27H36N2O/c1-5-28(6-2)17-9-11-22-14-16-26-25(19-22)21-24-15-13-23(20-27(24)30-26)12-10-18-29(7-3)8-4/h9-16,19-20H,5-8,17-18,21H2,1-4H3. The Labute approximate surface area is 182 Å². The number of likely N-dealkylation sites (N-methyl/N-ethyl adjacent to an activating group) is 2. The Morgan fingerprint density at radius 1 is 0.700 bits per heavy atom. The number of nitrogens with zero attached hydrogens (tertiary/aromatic N) is 2. The fourth-order valence-electron chi connectivity index (χ4n) is 3.82. The van der Waals surface area contributed by atoms with Gasteiger partial charge in [0, 0.05) is 19.5 Å². The van der Waals surface area contributed by atoms with Gasteiger partial charge in [0.1, 0.15) is 11.5 Å². The first-order valence-electron chi connectivity index (χ1n) is 11.4. The maximum atomic E-state index is 6.24. The average molecular weight is 405 g/mol. The van der Waals surface area contributed by atoms with Gasteiger partial charge in [-0.25, -0.2) is 0 Å². The molecule has 0 N–H and O–H groups in total. The van der Waals surface area contributed by atoms with Crippen LogP contribution in [0.15, 0.2) is 48.6 Å². The molecule has 3 rings (SSSR count). The van der Waals surface area contributed by atoms with E-state index in [4.69, 9.17) is 4.74 Å². The molecule has 1 aliphatic rings. The minimum Gasteiger partial charge on any atom is -0.457 e. The van der Waals surface area contributed by atoms with Gasteiger partial charge >= 0.3 is 0 Å². The van der Waals surface area contributed by atoms with Crippen LogP contribution in [0.4, 0.5) is 0 Å². The normalized spacial score (nSPS) is 13.3. The molecule has 0 aliphatic carbocycles. The topological polar surface area (TPSA) is 15.7 Å². The summed E-state index contributed by atoms with van der Waals surface area (Å²) in [6.07, 6.45) is 9.83. The quantitative estimate of drug-likeness (QED) is 0.406. The monoisotopic (exact) mass is 404 g/mol. The molecule has 0 fully saturated rings.